The second-order valence-electron chi connectivity index (χ2n) is 5.26. The Kier molecular flexibility index (Phi) is 3.74. The summed E-state index contributed by atoms with van der Waals surface area (Å²) in [5.74, 6) is 0.934. The van der Waals surface area contributed by atoms with Crippen molar-refractivity contribution in [1.82, 2.24) is 19.6 Å². The summed E-state index contributed by atoms with van der Waals surface area (Å²) in [6.07, 6.45) is 4.18. The SMILES string of the molecule is COCCn1ccc(C(=O)Nc2cc(C3CC3)n(C)n2)n1. The largest absolute Gasteiger partial charge is 0.383 e. The molecule has 0 aromatic carbocycles. The van der Waals surface area contributed by atoms with Gasteiger partial charge in [0.05, 0.1) is 13.2 Å². The lowest BCUT2D eigenvalue weighted by atomic mass is 10.3. The molecule has 7 nitrogen and oxygen atoms in total. The van der Waals surface area contributed by atoms with E-state index in [1.165, 1.54) is 18.5 Å². The molecule has 112 valence electrons. The molecule has 7 heteroatoms. The van der Waals surface area contributed by atoms with Crippen LogP contribution < -0.4 is 5.32 Å². The average molecular weight is 289 g/mol. The van der Waals surface area contributed by atoms with E-state index in [0.29, 0.717) is 30.6 Å². The summed E-state index contributed by atoms with van der Waals surface area (Å²) >= 11 is 0. The molecule has 1 N–H and O–H groups in total. The monoisotopic (exact) mass is 289 g/mol. The highest BCUT2D eigenvalue weighted by Gasteiger charge is 2.27. The molecular formula is C14H19N5O2. The molecule has 0 aliphatic heterocycles. The van der Waals surface area contributed by atoms with Crippen LogP contribution in [0, 0.1) is 0 Å². The Labute approximate surface area is 122 Å². The number of rotatable bonds is 6. The number of hydrogen-bond acceptors (Lipinski definition) is 4. The number of carbonyl (C=O) groups is 1. The van der Waals surface area contributed by atoms with E-state index in [-0.39, 0.29) is 5.91 Å². The molecule has 1 amide bonds. The van der Waals surface area contributed by atoms with Crippen molar-refractivity contribution in [1.29, 1.82) is 0 Å². The van der Waals surface area contributed by atoms with E-state index in [9.17, 15) is 4.79 Å². The van der Waals surface area contributed by atoms with Gasteiger partial charge in [-0.05, 0) is 18.9 Å². The fraction of sp³-hybridized carbons (Fsp3) is 0.500. The first-order valence-electron chi connectivity index (χ1n) is 7.05. The van der Waals surface area contributed by atoms with Gasteiger partial charge < -0.3 is 10.1 Å². The van der Waals surface area contributed by atoms with Crippen LogP contribution in [0.4, 0.5) is 5.82 Å². The zero-order valence-electron chi connectivity index (χ0n) is 12.2. The number of methoxy groups -OCH3 is 1. The van der Waals surface area contributed by atoms with E-state index in [1.807, 2.05) is 17.8 Å². The number of hydrogen-bond donors (Lipinski definition) is 1. The minimum Gasteiger partial charge on any atom is -0.383 e. The minimum atomic E-state index is -0.244. The average Bonchev–Trinajstić information content (AvgIpc) is 3.07. The molecule has 0 atom stereocenters. The summed E-state index contributed by atoms with van der Waals surface area (Å²) in [5, 5.41) is 11.3. The van der Waals surface area contributed by atoms with Gasteiger partial charge in [0.2, 0.25) is 0 Å². The molecule has 0 bridgehead atoms. The number of amides is 1. The normalized spacial score (nSPS) is 14.4. The lowest BCUT2D eigenvalue weighted by Gasteiger charge is -2.00. The van der Waals surface area contributed by atoms with Gasteiger partial charge in [-0.1, -0.05) is 0 Å². The van der Waals surface area contributed by atoms with Crippen LogP contribution in [0.2, 0.25) is 0 Å². The van der Waals surface area contributed by atoms with Gasteiger partial charge in [-0.2, -0.15) is 10.2 Å². The number of aryl methyl sites for hydroxylation is 1. The zero-order chi connectivity index (χ0) is 14.8. The van der Waals surface area contributed by atoms with Crippen LogP contribution in [-0.2, 0) is 18.3 Å². The second kappa shape index (κ2) is 5.69. The molecule has 0 saturated heterocycles. The molecule has 1 aliphatic carbocycles. The number of aromatic nitrogens is 4. The van der Waals surface area contributed by atoms with E-state index in [1.54, 1.807) is 24.1 Å². The highest BCUT2D eigenvalue weighted by atomic mass is 16.5. The second-order valence-corrected chi connectivity index (χ2v) is 5.26. The fourth-order valence-corrected chi connectivity index (χ4v) is 2.28. The molecule has 3 rings (SSSR count). The van der Waals surface area contributed by atoms with Gasteiger partial charge in [0.1, 0.15) is 0 Å². The van der Waals surface area contributed by atoms with Gasteiger partial charge in [0.25, 0.3) is 5.91 Å². The van der Waals surface area contributed by atoms with Crippen LogP contribution in [0.5, 0.6) is 0 Å². The smallest absolute Gasteiger partial charge is 0.277 e. The van der Waals surface area contributed by atoms with Crippen molar-refractivity contribution in [3.05, 3.63) is 29.7 Å². The maximum atomic E-state index is 12.1. The van der Waals surface area contributed by atoms with E-state index in [2.05, 4.69) is 15.5 Å². The van der Waals surface area contributed by atoms with Crippen molar-refractivity contribution >= 4 is 11.7 Å². The van der Waals surface area contributed by atoms with Crippen molar-refractivity contribution in [2.24, 2.45) is 7.05 Å². The summed E-state index contributed by atoms with van der Waals surface area (Å²) < 4.78 is 8.51. The van der Waals surface area contributed by atoms with Crippen molar-refractivity contribution in [2.45, 2.75) is 25.3 Å². The van der Waals surface area contributed by atoms with Crippen LogP contribution in [0.3, 0.4) is 0 Å². The Bertz CT molecular complexity index is 642. The predicted octanol–water partition coefficient (Wildman–Crippen LogP) is 1.39. The summed E-state index contributed by atoms with van der Waals surface area (Å²) in [6, 6.07) is 3.63. The predicted molar refractivity (Wildman–Crippen MR) is 77.2 cm³/mol. The summed E-state index contributed by atoms with van der Waals surface area (Å²) in [5.41, 5.74) is 1.56. The van der Waals surface area contributed by atoms with Gasteiger partial charge in [-0.3, -0.25) is 14.2 Å². The maximum Gasteiger partial charge on any atom is 0.277 e. The Morgan fingerprint density at radius 3 is 3.00 bits per heavy atom. The highest BCUT2D eigenvalue weighted by Crippen LogP contribution is 2.40. The van der Waals surface area contributed by atoms with Crippen LogP contribution >= 0.6 is 0 Å². The summed E-state index contributed by atoms with van der Waals surface area (Å²) in [6.45, 7) is 1.19. The molecule has 0 spiro atoms. The van der Waals surface area contributed by atoms with Crippen molar-refractivity contribution in [2.75, 3.05) is 19.0 Å². The number of anilines is 1. The van der Waals surface area contributed by atoms with Gasteiger partial charge in [0, 0.05) is 38.0 Å². The topological polar surface area (TPSA) is 74.0 Å². The molecule has 21 heavy (non-hydrogen) atoms. The molecule has 2 aromatic heterocycles. The van der Waals surface area contributed by atoms with E-state index in [4.69, 9.17) is 4.74 Å². The molecular weight excluding hydrogens is 270 g/mol. The van der Waals surface area contributed by atoms with Gasteiger partial charge in [0.15, 0.2) is 11.5 Å². The molecule has 0 radical (unpaired) electrons. The third-order valence-electron chi connectivity index (χ3n) is 3.55. The standard InChI is InChI=1S/C14H19N5O2/c1-18-12(10-3-4-10)9-13(17-18)15-14(20)11-5-6-19(16-11)7-8-21-2/h5-6,9-10H,3-4,7-8H2,1-2H3,(H,15,17,20). The maximum absolute atomic E-state index is 12.1. The Morgan fingerprint density at radius 2 is 2.29 bits per heavy atom. The minimum absolute atomic E-state index is 0.244. The van der Waals surface area contributed by atoms with Crippen LogP contribution in [0.25, 0.3) is 0 Å². The first-order valence-corrected chi connectivity index (χ1v) is 7.05. The summed E-state index contributed by atoms with van der Waals surface area (Å²) in [7, 11) is 3.54. The number of nitrogens with one attached hydrogen (secondary N) is 1. The molecule has 1 saturated carbocycles. The lowest BCUT2D eigenvalue weighted by molar-refractivity contribution is 0.102. The highest BCUT2D eigenvalue weighted by molar-refractivity contribution is 6.02. The Hall–Kier alpha value is -2.15. The number of ether oxygens (including phenoxy) is 1. The van der Waals surface area contributed by atoms with Crippen molar-refractivity contribution in [3.63, 3.8) is 0 Å². The number of nitrogens with zero attached hydrogens (tertiary/aromatic N) is 4. The van der Waals surface area contributed by atoms with E-state index >= 15 is 0 Å². The molecule has 2 heterocycles. The van der Waals surface area contributed by atoms with Crippen LogP contribution in [-0.4, -0.2) is 39.2 Å². The summed E-state index contributed by atoms with van der Waals surface area (Å²) in [4.78, 5) is 12.1. The fourth-order valence-electron chi connectivity index (χ4n) is 2.28. The lowest BCUT2D eigenvalue weighted by Crippen LogP contribution is -2.14. The quantitative estimate of drug-likeness (QED) is 0.872. The Morgan fingerprint density at radius 1 is 1.48 bits per heavy atom. The zero-order valence-corrected chi connectivity index (χ0v) is 12.2. The van der Waals surface area contributed by atoms with Gasteiger partial charge in [-0.25, -0.2) is 0 Å². The van der Waals surface area contributed by atoms with Crippen molar-refractivity contribution < 1.29 is 9.53 Å². The first-order chi connectivity index (χ1) is 10.2. The van der Waals surface area contributed by atoms with Gasteiger partial charge in [-0.15, -0.1) is 0 Å². The van der Waals surface area contributed by atoms with E-state index in [0.717, 1.165) is 0 Å². The van der Waals surface area contributed by atoms with E-state index < -0.39 is 0 Å². The first kappa shape index (κ1) is 13.8. The van der Waals surface area contributed by atoms with Gasteiger partial charge >= 0.3 is 0 Å². The molecule has 1 fully saturated rings. The molecule has 1 aliphatic rings. The molecule has 0 unspecified atom stereocenters. The van der Waals surface area contributed by atoms with Crippen LogP contribution in [0.15, 0.2) is 18.3 Å². The van der Waals surface area contributed by atoms with Crippen LogP contribution in [0.1, 0.15) is 34.9 Å². The third kappa shape index (κ3) is 3.13. The molecule has 2 aromatic rings. The third-order valence-corrected chi connectivity index (χ3v) is 3.55. The van der Waals surface area contributed by atoms with Crippen molar-refractivity contribution in [3.8, 4) is 0 Å². The Balaban J connectivity index is 1.65. The number of carbonyl (C=O) groups excluding carboxylic acids is 1.